The number of fused-ring (bicyclic) bond motifs is 2. The van der Waals surface area contributed by atoms with Gasteiger partial charge in [0.25, 0.3) is 0 Å². The Bertz CT molecular complexity index is 1210. The van der Waals surface area contributed by atoms with E-state index in [0.29, 0.717) is 12.1 Å². The standard InChI is InChI=1S/C27H31N3O3/c1-2-20-9-10-25-23(16-20)22(17-27(32)33-25)18-28-12-14-29(15-13-28)19-26(31)30-11-5-7-21-6-3-4-8-24(21)30/h3-4,6,8-10,16-17H,2,5,7,11-15,18-19H2,1H3. The fourth-order valence-corrected chi connectivity index (χ4v) is 5.04. The van der Waals surface area contributed by atoms with Crippen molar-refractivity contribution in [1.29, 1.82) is 0 Å². The second-order valence-corrected chi connectivity index (χ2v) is 9.10. The Balaban J connectivity index is 1.22. The van der Waals surface area contributed by atoms with E-state index in [1.807, 2.05) is 23.1 Å². The summed E-state index contributed by atoms with van der Waals surface area (Å²) in [6, 6.07) is 16.0. The summed E-state index contributed by atoms with van der Waals surface area (Å²) in [6.45, 7) is 7.55. The molecule has 3 aromatic rings. The summed E-state index contributed by atoms with van der Waals surface area (Å²) in [7, 11) is 0. The van der Waals surface area contributed by atoms with E-state index >= 15 is 0 Å². The lowest BCUT2D eigenvalue weighted by Crippen LogP contribution is -2.50. The van der Waals surface area contributed by atoms with Crippen LogP contribution in [-0.4, -0.2) is 55.0 Å². The van der Waals surface area contributed by atoms with Crippen LogP contribution in [-0.2, 0) is 24.2 Å². The molecule has 1 fully saturated rings. The van der Waals surface area contributed by atoms with Crippen molar-refractivity contribution >= 4 is 22.6 Å². The number of para-hydroxylation sites is 1. The minimum atomic E-state index is -0.298. The molecule has 6 heteroatoms. The van der Waals surface area contributed by atoms with E-state index in [1.54, 1.807) is 6.07 Å². The molecular weight excluding hydrogens is 414 g/mol. The van der Waals surface area contributed by atoms with Gasteiger partial charge in [-0.05, 0) is 54.2 Å². The summed E-state index contributed by atoms with van der Waals surface area (Å²) in [5, 5.41) is 1.02. The molecule has 3 heterocycles. The first-order valence-corrected chi connectivity index (χ1v) is 12.0. The van der Waals surface area contributed by atoms with Crippen molar-refractivity contribution in [3.05, 3.63) is 75.6 Å². The van der Waals surface area contributed by atoms with E-state index in [0.717, 1.165) is 75.2 Å². The van der Waals surface area contributed by atoms with Crippen molar-refractivity contribution in [2.24, 2.45) is 0 Å². The predicted molar refractivity (Wildman–Crippen MR) is 131 cm³/mol. The maximum atomic E-state index is 13.1. The van der Waals surface area contributed by atoms with E-state index in [2.05, 4.69) is 41.0 Å². The fourth-order valence-electron chi connectivity index (χ4n) is 5.04. The molecule has 172 valence electrons. The number of anilines is 1. The van der Waals surface area contributed by atoms with Gasteiger partial charge in [-0.25, -0.2) is 4.79 Å². The molecule has 1 aromatic heterocycles. The summed E-state index contributed by atoms with van der Waals surface area (Å²) in [4.78, 5) is 31.7. The summed E-state index contributed by atoms with van der Waals surface area (Å²) >= 11 is 0. The number of benzene rings is 2. The average molecular weight is 446 g/mol. The van der Waals surface area contributed by atoms with E-state index in [4.69, 9.17) is 4.42 Å². The van der Waals surface area contributed by atoms with Gasteiger partial charge >= 0.3 is 5.63 Å². The maximum Gasteiger partial charge on any atom is 0.336 e. The lowest BCUT2D eigenvalue weighted by Gasteiger charge is -2.36. The first kappa shape index (κ1) is 21.9. The molecule has 0 spiro atoms. The molecule has 0 saturated carbocycles. The molecule has 5 rings (SSSR count). The molecule has 33 heavy (non-hydrogen) atoms. The highest BCUT2D eigenvalue weighted by molar-refractivity contribution is 5.96. The zero-order valence-electron chi connectivity index (χ0n) is 19.3. The zero-order chi connectivity index (χ0) is 22.8. The van der Waals surface area contributed by atoms with Crippen LogP contribution in [0.25, 0.3) is 11.0 Å². The van der Waals surface area contributed by atoms with Crippen molar-refractivity contribution in [3.8, 4) is 0 Å². The van der Waals surface area contributed by atoms with E-state index in [-0.39, 0.29) is 11.5 Å². The second-order valence-electron chi connectivity index (χ2n) is 9.10. The van der Waals surface area contributed by atoms with Crippen molar-refractivity contribution in [3.63, 3.8) is 0 Å². The number of piperazine rings is 1. The largest absolute Gasteiger partial charge is 0.423 e. The molecule has 0 aliphatic carbocycles. The van der Waals surface area contributed by atoms with Gasteiger partial charge in [0.2, 0.25) is 5.91 Å². The molecular formula is C27H31N3O3. The number of hydrogen-bond donors (Lipinski definition) is 0. The third kappa shape index (κ3) is 4.72. The van der Waals surface area contributed by atoms with Crippen LogP contribution in [0.3, 0.4) is 0 Å². The summed E-state index contributed by atoms with van der Waals surface area (Å²) < 4.78 is 5.41. The van der Waals surface area contributed by atoms with Gasteiger partial charge in [0.15, 0.2) is 0 Å². The van der Waals surface area contributed by atoms with Gasteiger partial charge < -0.3 is 9.32 Å². The van der Waals surface area contributed by atoms with Crippen molar-refractivity contribution in [1.82, 2.24) is 9.80 Å². The van der Waals surface area contributed by atoms with Crippen LogP contribution in [0.5, 0.6) is 0 Å². The first-order valence-electron chi connectivity index (χ1n) is 12.0. The number of carbonyl (C=O) groups is 1. The van der Waals surface area contributed by atoms with Crippen LogP contribution in [0.2, 0.25) is 0 Å². The zero-order valence-corrected chi connectivity index (χ0v) is 19.3. The van der Waals surface area contributed by atoms with Crippen molar-refractivity contribution in [2.45, 2.75) is 32.7 Å². The van der Waals surface area contributed by atoms with Gasteiger partial charge in [-0.1, -0.05) is 31.2 Å². The highest BCUT2D eigenvalue weighted by Crippen LogP contribution is 2.27. The third-order valence-corrected chi connectivity index (χ3v) is 6.93. The Morgan fingerprint density at radius 2 is 1.76 bits per heavy atom. The van der Waals surface area contributed by atoms with Gasteiger partial charge in [-0.3, -0.25) is 14.6 Å². The van der Waals surface area contributed by atoms with E-state index < -0.39 is 0 Å². The monoisotopic (exact) mass is 445 g/mol. The molecule has 2 aliphatic heterocycles. The third-order valence-electron chi connectivity index (χ3n) is 6.93. The Kier molecular flexibility index (Phi) is 6.29. The Labute approximate surface area is 194 Å². The number of amides is 1. The lowest BCUT2D eigenvalue weighted by atomic mass is 10.0. The summed E-state index contributed by atoms with van der Waals surface area (Å²) in [6.07, 6.45) is 3.02. The fraction of sp³-hybridized carbons (Fsp3) is 0.407. The Morgan fingerprint density at radius 1 is 0.970 bits per heavy atom. The first-order chi connectivity index (χ1) is 16.1. The Hall–Kier alpha value is -2.96. The predicted octanol–water partition coefficient (Wildman–Crippen LogP) is 3.45. The SMILES string of the molecule is CCc1ccc2oc(=O)cc(CN3CCN(CC(=O)N4CCCc5ccccc54)CC3)c2c1. The summed E-state index contributed by atoms with van der Waals surface area (Å²) in [5.41, 5.74) is 4.96. The van der Waals surface area contributed by atoms with E-state index in [1.165, 1.54) is 11.1 Å². The van der Waals surface area contributed by atoms with Gasteiger partial charge in [-0.15, -0.1) is 0 Å². The van der Waals surface area contributed by atoms with Crippen LogP contribution in [0.4, 0.5) is 5.69 Å². The van der Waals surface area contributed by atoms with Crippen LogP contribution in [0.1, 0.15) is 30.0 Å². The number of hydrogen-bond acceptors (Lipinski definition) is 5. The molecule has 0 unspecified atom stereocenters. The summed E-state index contributed by atoms with van der Waals surface area (Å²) in [5.74, 6) is 0.189. The highest BCUT2D eigenvalue weighted by atomic mass is 16.4. The molecule has 0 atom stereocenters. The lowest BCUT2D eigenvalue weighted by molar-refractivity contribution is -0.120. The number of carbonyl (C=O) groups excluding carboxylic acids is 1. The topological polar surface area (TPSA) is 57.0 Å². The quantitative estimate of drug-likeness (QED) is 0.563. The normalized spacial score (nSPS) is 17.3. The van der Waals surface area contributed by atoms with Gasteiger partial charge in [-0.2, -0.15) is 0 Å². The minimum absolute atomic E-state index is 0.189. The average Bonchev–Trinajstić information content (AvgIpc) is 2.84. The van der Waals surface area contributed by atoms with E-state index in [9.17, 15) is 9.59 Å². The van der Waals surface area contributed by atoms with Crippen molar-refractivity contribution in [2.75, 3.05) is 44.2 Å². The maximum absolute atomic E-state index is 13.1. The van der Waals surface area contributed by atoms with Gasteiger partial charge in [0.1, 0.15) is 5.58 Å². The second kappa shape index (κ2) is 9.49. The van der Waals surface area contributed by atoms with Gasteiger partial charge in [0.05, 0.1) is 6.54 Å². The molecule has 1 saturated heterocycles. The Morgan fingerprint density at radius 3 is 2.58 bits per heavy atom. The highest BCUT2D eigenvalue weighted by Gasteiger charge is 2.26. The van der Waals surface area contributed by atoms with Crippen LogP contribution >= 0.6 is 0 Å². The molecule has 6 nitrogen and oxygen atoms in total. The molecule has 1 amide bonds. The minimum Gasteiger partial charge on any atom is -0.423 e. The number of nitrogens with zero attached hydrogens (tertiary/aromatic N) is 3. The van der Waals surface area contributed by atoms with Crippen LogP contribution in [0.15, 0.2) is 57.7 Å². The molecule has 2 aromatic carbocycles. The molecule has 0 bridgehead atoms. The van der Waals surface area contributed by atoms with Crippen LogP contribution < -0.4 is 10.5 Å². The van der Waals surface area contributed by atoms with Crippen LogP contribution in [0, 0.1) is 0 Å². The molecule has 0 N–H and O–H groups in total. The van der Waals surface area contributed by atoms with Crippen molar-refractivity contribution < 1.29 is 9.21 Å². The smallest absolute Gasteiger partial charge is 0.336 e. The number of aryl methyl sites for hydroxylation is 2. The molecule has 0 radical (unpaired) electrons. The number of rotatable bonds is 5. The molecule has 2 aliphatic rings. The van der Waals surface area contributed by atoms with Gasteiger partial charge in [0, 0.05) is 56.4 Å².